The summed E-state index contributed by atoms with van der Waals surface area (Å²) in [5.74, 6) is -2.04. The predicted molar refractivity (Wildman–Crippen MR) is 130 cm³/mol. The molecule has 2 aromatic carbocycles. The van der Waals surface area contributed by atoms with E-state index in [1.54, 1.807) is 38.1 Å². The Labute approximate surface area is 200 Å². The fourth-order valence-corrected chi connectivity index (χ4v) is 3.30. The minimum atomic E-state index is -0.944. The zero-order valence-corrected chi connectivity index (χ0v) is 19.7. The lowest BCUT2D eigenvalue weighted by atomic mass is 9.96. The average molecular weight is 472 g/mol. The molecule has 184 valence electrons. The Morgan fingerprint density at radius 1 is 1.09 bits per heavy atom. The summed E-state index contributed by atoms with van der Waals surface area (Å²) in [4.78, 5) is 25.1. The van der Waals surface area contributed by atoms with Crippen molar-refractivity contribution < 1.29 is 23.8 Å². The Kier molecular flexibility index (Phi) is 11.2. The maximum Gasteiger partial charge on any atom is 0.408 e. The number of aliphatic hydroxyl groups is 1. The Morgan fingerprint density at radius 2 is 1.76 bits per heavy atom. The van der Waals surface area contributed by atoms with Crippen molar-refractivity contribution in [3.8, 4) is 0 Å². The molecule has 0 unspecified atom stereocenters. The first kappa shape index (κ1) is 27.0. The highest BCUT2D eigenvalue weighted by Crippen LogP contribution is 2.21. The van der Waals surface area contributed by atoms with E-state index in [0.717, 1.165) is 5.56 Å². The molecular weight excluding hydrogens is 437 g/mol. The summed E-state index contributed by atoms with van der Waals surface area (Å²) >= 11 is 0. The van der Waals surface area contributed by atoms with Crippen molar-refractivity contribution in [2.75, 3.05) is 11.9 Å². The van der Waals surface area contributed by atoms with Crippen LogP contribution in [-0.2, 0) is 22.7 Å². The van der Waals surface area contributed by atoms with E-state index in [4.69, 9.17) is 15.6 Å². The number of hydrogen-bond donors (Lipinski definition) is 4. The zero-order valence-electron chi connectivity index (χ0n) is 19.7. The lowest BCUT2D eigenvalue weighted by molar-refractivity contribution is -0.118. The lowest BCUT2D eigenvalue weighted by Crippen LogP contribution is -2.39. The quantitative estimate of drug-likeness (QED) is 0.369. The molecule has 34 heavy (non-hydrogen) atoms. The van der Waals surface area contributed by atoms with Gasteiger partial charge in [-0.05, 0) is 54.6 Å². The monoisotopic (exact) mass is 471 g/mol. The van der Waals surface area contributed by atoms with Gasteiger partial charge in [-0.15, -0.1) is 0 Å². The molecule has 2 rings (SSSR count). The SMILES string of the molecule is CC(C)[C@H](NC(=O)OCc1ccccc1)/C(F)=C/[C@@H](CCCN)C(=O)Nc1ccc(CO)cc1. The fourth-order valence-electron chi connectivity index (χ4n) is 3.30. The van der Waals surface area contributed by atoms with E-state index in [1.165, 1.54) is 6.08 Å². The van der Waals surface area contributed by atoms with E-state index in [0.29, 0.717) is 30.6 Å². The number of amides is 2. The average Bonchev–Trinajstić information content (AvgIpc) is 2.84. The Hall–Kier alpha value is -3.23. The third kappa shape index (κ3) is 8.96. The fraction of sp³-hybridized carbons (Fsp3) is 0.385. The largest absolute Gasteiger partial charge is 0.445 e. The molecule has 2 atom stereocenters. The second-order valence-corrected chi connectivity index (χ2v) is 8.36. The second kappa shape index (κ2) is 14.1. The minimum Gasteiger partial charge on any atom is -0.445 e. The normalized spacial score (nSPS) is 13.3. The molecule has 5 N–H and O–H groups in total. The molecule has 8 heteroatoms. The van der Waals surface area contributed by atoms with E-state index in [2.05, 4.69) is 10.6 Å². The highest BCUT2D eigenvalue weighted by atomic mass is 19.1. The molecule has 2 aromatic rings. The second-order valence-electron chi connectivity index (χ2n) is 8.36. The van der Waals surface area contributed by atoms with Gasteiger partial charge in [0.2, 0.25) is 5.91 Å². The van der Waals surface area contributed by atoms with Gasteiger partial charge in [0.15, 0.2) is 0 Å². The van der Waals surface area contributed by atoms with E-state index in [-0.39, 0.29) is 25.0 Å². The summed E-state index contributed by atoms with van der Waals surface area (Å²) in [6.45, 7) is 3.88. The maximum absolute atomic E-state index is 15.3. The summed E-state index contributed by atoms with van der Waals surface area (Å²) in [6.07, 6.45) is 1.39. The molecule has 0 fully saturated rings. The number of carbonyl (C=O) groups excluding carboxylic acids is 2. The molecule has 0 aliphatic carbocycles. The third-order valence-corrected chi connectivity index (χ3v) is 5.27. The van der Waals surface area contributed by atoms with Gasteiger partial charge in [-0.3, -0.25) is 4.79 Å². The van der Waals surface area contributed by atoms with Crippen LogP contribution in [0.4, 0.5) is 14.9 Å². The molecule has 0 bridgehead atoms. The van der Waals surface area contributed by atoms with Crippen LogP contribution in [0.25, 0.3) is 0 Å². The third-order valence-electron chi connectivity index (χ3n) is 5.27. The highest BCUT2D eigenvalue weighted by molar-refractivity contribution is 5.93. The van der Waals surface area contributed by atoms with Crippen LogP contribution in [0.3, 0.4) is 0 Å². The molecule has 0 aliphatic heterocycles. The molecule has 0 saturated heterocycles. The summed E-state index contributed by atoms with van der Waals surface area (Å²) in [5.41, 5.74) is 7.68. The van der Waals surface area contributed by atoms with Gasteiger partial charge in [0.05, 0.1) is 18.6 Å². The number of halogens is 1. The van der Waals surface area contributed by atoms with Gasteiger partial charge < -0.3 is 26.2 Å². The zero-order chi connectivity index (χ0) is 24.9. The Morgan fingerprint density at radius 3 is 2.35 bits per heavy atom. The molecule has 2 amide bonds. The number of rotatable bonds is 12. The predicted octanol–water partition coefficient (Wildman–Crippen LogP) is 4.28. The molecule has 0 aromatic heterocycles. The minimum absolute atomic E-state index is 0.0689. The van der Waals surface area contributed by atoms with Crippen molar-refractivity contribution in [3.63, 3.8) is 0 Å². The van der Waals surface area contributed by atoms with Gasteiger partial charge in [0, 0.05) is 5.69 Å². The van der Waals surface area contributed by atoms with Gasteiger partial charge in [-0.2, -0.15) is 0 Å². The van der Waals surface area contributed by atoms with Crippen LogP contribution in [0.5, 0.6) is 0 Å². The summed E-state index contributed by atoms with van der Waals surface area (Å²) in [7, 11) is 0. The van der Waals surface area contributed by atoms with E-state index in [1.807, 2.05) is 30.3 Å². The summed E-state index contributed by atoms with van der Waals surface area (Å²) in [5, 5.41) is 14.5. The topological polar surface area (TPSA) is 114 Å². The van der Waals surface area contributed by atoms with Crippen molar-refractivity contribution in [2.45, 2.75) is 45.9 Å². The van der Waals surface area contributed by atoms with Crippen LogP contribution in [0.15, 0.2) is 66.5 Å². The van der Waals surface area contributed by atoms with Crippen LogP contribution in [0.1, 0.15) is 37.8 Å². The number of aliphatic hydroxyl groups excluding tert-OH is 1. The van der Waals surface area contributed by atoms with Crippen molar-refractivity contribution in [3.05, 3.63) is 77.6 Å². The summed E-state index contributed by atoms with van der Waals surface area (Å²) < 4.78 is 20.5. The first-order valence-corrected chi connectivity index (χ1v) is 11.4. The van der Waals surface area contributed by atoms with Gasteiger partial charge in [0.1, 0.15) is 12.4 Å². The van der Waals surface area contributed by atoms with Crippen LogP contribution >= 0.6 is 0 Å². The van der Waals surface area contributed by atoms with Crippen molar-refractivity contribution >= 4 is 17.7 Å². The number of ether oxygens (including phenoxy) is 1. The van der Waals surface area contributed by atoms with Gasteiger partial charge in [-0.1, -0.05) is 56.3 Å². The lowest BCUT2D eigenvalue weighted by Gasteiger charge is -2.22. The van der Waals surface area contributed by atoms with Gasteiger partial charge in [0.25, 0.3) is 0 Å². The van der Waals surface area contributed by atoms with Gasteiger partial charge in [-0.25, -0.2) is 9.18 Å². The van der Waals surface area contributed by atoms with Crippen LogP contribution in [0.2, 0.25) is 0 Å². The number of nitrogens with two attached hydrogens (primary N) is 1. The van der Waals surface area contributed by atoms with E-state index in [9.17, 15) is 9.59 Å². The molecular formula is C26H34FN3O4. The first-order chi connectivity index (χ1) is 16.3. The number of anilines is 1. The van der Waals surface area contributed by atoms with Crippen molar-refractivity contribution in [1.82, 2.24) is 5.32 Å². The van der Waals surface area contributed by atoms with Crippen molar-refractivity contribution in [2.24, 2.45) is 17.6 Å². The standard InChI is InChI=1S/C26H34FN3O4/c1-18(2)24(30-26(33)34-17-20-7-4-3-5-8-20)23(27)15-21(9-6-14-28)25(32)29-22-12-10-19(16-31)11-13-22/h3-5,7-8,10-13,15,18,21,24,31H,6,9,14,16-17,28H2,1-2H3,(H,29,32)(H,30,33)/b23-15-/t21-,24+/m1/s1. The molecule has 0 heterocycles. The maximum atomic E-state index is 15.3. The number of carbonyl (C=O) groups is 2. The smallest absolute Gasteiger partial charge is 0.408 e. The Bertz CT molecular complexity index is 933. The number of hydrogen-bond acceptors (Lipinski definition) is 5. The van der Waals surface area contributed by atoms with E-state index < -0.39 is 23.9 Å². The highest BCUT2D eigenvalue weighted by Gasteiger charge is 2.25. The van der Waals surface area contributed by atoms with Crippen LogP contribution in [-0.4, -0.2) is 29.7 Å². The van der Waals surface area contributed by atoms with E-state index >= 15 is 4.39 Å². The molecule has 0 aliphatic rings. The summed E-state index contributed by atoms with van der Waals surface area (Å²) in [6, 6.07) is 15.0. The first-order valence-electron chi connectivity index (χ1n) is 11.4. The number of nitrogens with one attached hydrogen (secondary N) is 2. The molecule has 0 spiro atoms. The van der Waals surface area contributed by atoms with Crippen LogP contribution < -0.4 is 16.4 Å². The van der Waals surface area contributed by atoms with Gasteiger partial charge >= 0.3 is 6.09 Å². The van der Waals surface area contributed by atoms with Crippen LogP contribution in [0, 0.1) is 11.8 Å². The molecule has 0 radical (unpaired) electrons. The van der Waals surface area contributed by atoms with Crippen molar-refractivity contribution in [1.29, 1.82) is 0 Å². The number of benzene rings is 2. The molecule has 7 nitrogen and oxygen atoms in total. The number of alkyl carbamates (subject to hydrolysis) is 1. The molecule has 0 saturated carbocycles. The Balaban J connectivity index is 2.08.